The molecule has 1 aromatic heterocycles. The van der Waals surface area contributed by atoms with Gasteiger partial charge in [0.15, 0.2) is 11.5 Å². The molecule has 1 amide bonds. The maximum Gasteiger partial charge on any atom is 0.262 e. The summed E-state index contributed by atoms with van der Waals surface area (Å²) in [4.78, 5) is 12.6. The van der Waals surface area contributed by atoms with E-state index in [1.165, 1.54) is 0 Å². The van der Waals surface area contributed by atoms with Crippen molar-refractivity contribution >= 4 is 22.9 Å². The average molecular weight is 385 g/mol. The SMILES string of the molecule is C=CCn1cc(/C=C(/C#N)C(=O)NCc2ccc3c(c2)OCO3)c2ccccc21. The molecule has 1 aliphatic heterocycles. The van der Waals surface area contributed by atoms with Gasteiger partial charge in [0.25, 0.3) is 5.91 Å². The number of nitriles is 1. The van der Waals surface area contributed by atoms with Crippen molar-refractivity contribution in [1.29, 1.82) is 5.26 Å². The largest absolute Gasteiger partial charge is 0.454 e. The van der Waals surface area contributed by atoms with Crippen LogP contribution < -0.4 is 14.8 Å². The van der Waals surface area contributed by atoms with E-state index in [1.54, 1.807) is 12.1 Å². The number of carbonyl (C=O) groups is 1. The molecule has 0 unspecified atom stereocenters. The van der Waals surface area contributed by atoms with Crippen molar-refractivity contribution in [3.05, 3.63) is 78.0 Å². The Bertz CT molecular complexity index is 1170. The van der Waals surface area contributed by atoms with Crippen molar-refractivity contribution in [3.63, 3.8) is 0 Å². The number of amides is 1. The lowest BCUT2D eigenvalue weighted by atomic mass is 10.1. The number of aromatic nitrogens is 1. The predicted octanol–water partition coefficient (Wildman–Crippen LogP) is 3.78. The molecule has 0 bridgehead atoms. The molecule has 0 spiro atoms. The maximum absolute atomic E-state index is 12.6. The topological polar surface area (TPSA) is 76.3 Å². The van der Waals surface area contributed by atoms with Gasteiger partial charge >= 0.3 is 0 Å². The molecular weight excluding hydrogens is 366 g/mol. The number of fused-ring (bicyclic) bond motifs is 2. The summed E-state index contributed by atoms with van der Waals surface area (Å²) in [5.74, 6) is 0.919. The van der Waals surface area contributed by atoms with E-state index in [4.69, 9.17) is 9.47 Å². The van der Waals surface area contributed by atoms with Gasteiger partial charge in [-0.1, -0.05) is 30.3 Å². The molecule has 29 heavy (non-hydrogen) atoms. The molecule has 144 valence electrons. The third kappa shape index (κ3) is 3.71. The predicted molar refractivity (Wildman–Crippen MR) is 110 cm³/mol. The summed E-state index contributed by atoms with van der Waals surface area (Å²) in [7, 11) is 0. The Labute approximate surface area is 168 Å². The number of rotatable bonds is 6. The fourth-order valence-electron chi connectivity index (χ4n) is 3.31. The van der Waals surface area contributed by atoms with Crippen LogP contribution in [0, 0.1) is 11.3 Å². The highest BCUT2D eigenvalue weighted by atomic mass is 16.7. The first-order valence-electron chi connectivity index (χ1n) is 9.17. The van der Waals surface area contributed by atoms with E-state index in [-0.39, 0.29) is 18.9 Å². The fraction of sp³-hybridized carbons (Fsp3) is 0.130. The van der Waals surface area contributed by atoms with Gasteiger partial charge in [-0.15, -0.1) is 6.58 Å². The molecular formula is C23H19N3O3. The van der Waals surface area contributed by atoms with E-state index in [0.29, 0.717) is 18.0 Å². The lowest BCUT2D eigenvalue weighted by molar-refractivity contribution is -0.117. The summed E-state index contributed by atoms with van der Waals surface area (Å²) in [5, 5.41) is 13.3. The number of allylic oxidation sites excluding steroid dienone is 1. The smallest absolute Gasteiger partial charge is 0.262 e. The first-order chi connectivity index (χ1) is 14.2. The lowest BCUT2D eigenvalue weighted by Crippen LogP contribution is -2.23. The summed E-state index contributed by atoms with van der Waals surface area (Å²) in [6.45, 7) is 4.91. The van der Waals surface area contributed by atoms with Crippen molar-refractivity contribution in [2.24, 2.45) is 0 Å². The number of para-hydroxylation sites is 1. The van der Waals surface area contributed by atoms with Crippen molar-refractivity contribution in [2.45, 2.75) is 13.1 Å². The summed E-state index contributed by atoms with van der Waals surface area (Å²) in [6, 6.07) is 15.4. The molecule has 0 aliphatic carbocycles. The van der Waals surface area contributed by atoms with Crippen LogP contribution in [-0.2, 0) is 17.9 Å². The Morgan fingerprint density at radius 2 is 2.07 bits per heavy atom. The van der Waals surface area contributed by atoms with E-state index in [9.17, 15) is 10.1 Å². The molecule has 0 saturated carbocycles. The third-order valence-corrected chi connectivity index (χ3v) is 4.70. The van der Waals surface area contributed by atoms with E-state index >= 15 is 0 Å². The molecule has 0 radical (unpaired) electrons. The average Bonchev–Trinajstić information content (AvgIpc) is 3.35. The second-order valence-electron chi connectivity index (χ2n) is 6.58. The summed E-state index contributed by atoms with van der Waals surface area (Å²) < 4.78 is 12.7. The Balaban J connectivity index is 1.55. The Kier molecular flexibility index (Phi) is 5.04. The van der Waals surface area contributed by atoms with Gasteiger partial charge in [-0.25, -0.2) is 0 Å². The molecule has 2 aromatic carbocycles. The van der Waals surface area contributed by atoms with E-state index in [2.05, 4.69) is 11.9 Å². The first-order valence-corrected chi connectivity index (χ1v) is 9.17. The molecule has 6 nitrogen and oxygen atoms in total. The second-order valence-corrected chi connectivity index (χ2v) is 6.58. The normalized spacial score (nSPS) is 12.6. The summed E-state index contributed by atoms with van der Waals surface area (Å²) in [5.41, 5.74) is 2.75. The number of ether oxygens (including phenoxy) is 2. The van der Waals surface area contributed by atoms with Crippen LogP contribution in [0.2, 0.25) is 0 Å². The highest BCUT2D eigenvalue weighted by molar-refractivity contribution is 6.04. The van der Waals surface area contributed by atoms with E-state index in [0.717, 1.165) is 22.0 Å². The third-order valence-electron chi connectivity index (χ3n) is 4.70. The number of hydrogen-bond acceptors (Lipinski definition) is 4. The Hall–Kier alpha value is -3.98. The molecule has 3 aromatic rings. The molecule has 1 aliphatic rings. The minimum atomic E-state index is -0.425. The molecule has 0 fully saturated rings. The zero-order chi connectivity index (χ0) is 20.2. The molecule has 4 rings (SSSR count). The van der Waals surface area contributed by atoms with Gasteiger partial charge in [0.1, 0.15) is 11.6 Å². The van der Waals surface area contributed by atoms with Gasteiger partial charge in [-0.3, -0.25) is 4.79 Å². The number of carbonyl (C=O) groups excluding carboxylic acids is 1. The van der Waals surface area contributed by atoms with Crippen LogP contribution in [0.1, 0.15) is 11.1 Å². The van der Waals surface area contributed by atoms with Crippen LogP contribution in [0.25, 0.3) is 17.0 Å². The quantitative estimate of drug-likeness (QED) is 0.398. The Morgan fingerprint density at radius 3 is 2.90 bits per heavy atom. The highest BCUT2D eigenvalue weighted by Gasteiger charge is 2.15. The van der Waals surface area contributed by atoms with Gasteiger partial charge in [0.05, 0.1) is 0 Å². The van der Waals surface area contributed by atoms with Crippen LogP contribution in [0.3, 0.4) is 0 Å². The number of nitrogens with one attached hydrogen (secondary N) is 1. The lowest BCUT2D eigenvalue weighted by Gasteiger charge is -2.05. The Morgan fingerprint density at radius 1 is 1.24 bits per heavy atom. The summed E-state index contributed by atoms with van der Waals surface area (Å²) in [6.07, 6.45) is 5.36. The molecule has 0 atom stereocenters. The highest BCUT2D eigenvalue weighted by Crippen LogP contribution is 2.32. The molecule has 2 heterocycles. The van der Waals surface area contributed by atoms with Gasteiger partial charge in [-0.2, -0.15) is 5.26 Å². The van der Waals surface area contributed by atoms with Crippen molar-refractivity contribution < 1.29 is 14.3 Å². The first kappa shape index (κ1) is 18.4. The van der Waals surface area contributed by atoms with Crippen LogP contribution >= 0.6 is 0 Å². The zero-order valence-corrected chi connectivity index (χ0v) is 15.7. The minimum absolute atomic E-state index is 0.0484. The number of benzene rings is 2. The van der Waals surface area contributed by atoms with E-state index in [1.807, 2.05) is 59.3 Å². The fourth-order valence-corrected chi connectivity index (χ4v) is 3.31. The van der Waals surface area contributed by atoms with Gasteiger partial charge in [0, 0.05) is 35.8 Å². The number of nitrogens with zero attached hydrogens (tertiary/aromatic N) is 2. The second kappa shape index (κ2) is 7.95. The van der Waals surface area contributed by atoms with Gasteiger partial charge in [-0.05, 0) is 29.8 Å². The monoisotopic (exact) mass is 385 g/mol. The van der Waals surface area contributed by atoms with Crippen LogP contribution in [0.5, 0.6) is 11.5 Å². The number of hydrogen-bond donors (Lipinski definition) is 1. The van der Waals surface area contributed by atoms with Crippen LogP contribution in [-0.4, -0.2) is 17.3 Å². The van der Waals surface area contributed by atoms with Gasteiger partial charge in [0.2, 0.25) is 6.79 Å². The van der Waals surface area contributed by atoms with E-state index < -0.39 is 5.91 Å². The van der Waals surface area contributed by atoms with Crippen LogP contribution in [0.15, 0.2) is 66.9 Å². The van der Waals surface area contributed by atoms with Crippen LogP contribution in [0.4, 0.5) is 0 Å². The standard InChI is InChI=1S/C23H19N3O3/c1-2-9-26-14-18(19-5-3-4-6-20(19)26)11-17(12-24)23(27)25-13-16-7-8-21-22(10-16)29-15-28-21/h2-8,10-11,14H,1,9,13,15H2,(H,25,27)/b17-11-. The maximum atomic E-state index is 12.6. The molecule has 1 N–H and O–H groups in total. The zero-order valence-electron chi connectivity index (χ0n) is 15.7. The van der Waals surface area contributed by atoms with Crippen molar-refractivity contribution in [2.75, 3.05) is 6.79 Å². The van der Waals surface area contributed by atoms with Crippen molar-refractivity contribution in [3.8, 4) is 17.6 Å². The van der Waals surface area contributed by atoms with Gasteiger partial charge < -0.3 is 19.4 Å². The summed E-state index contributed by atoms with van der Waals surface area (Å²) >= 11 is 0. The molecule has 0 saturated heterocycles. The van der Waals surface area contributed by atoms with Crippen molar-refractivity contribution in [1.82, 2.24) is 9.88 Å². The minimum Gasteiger partial charge on any atom is -0.454 e. The molecule has 6 heteroatoms.